The summed E-state index contributed by atoms with van der Waals surface area (Å²) >= 11 is 1.85. The molecule has 9 rings (SSSR count). The standard InChI is InChI=1S/C39H29N3S/c1-24-18-19-33-31(20-24)32-22-27-12-5-6-13-28(27)23-34(32)42(33)39-37-36(30-16-7-8-17-35(30)43-37)40-38(41-39)29-15-9-14-26(21-29)25-10-3-2-4-11-25/h2-19,21-24,39H,20H2,1H3,(H,40,41). The summed E-state index contributed by atoms with van der Waals surface area (Å²) in [5, 5.41) is 9.08. The number of nitrogens with one attached hydrogen (secondary N) is 1. The molecule has 0 bridgehead atoms. The molecule has 206 valence electrons. The van der Waals surface area contributed by atoms with Gasteiger partial charge in [-0.3, -0.25) is 0 Å². The van der Waals surface area contributed by atoms with Gasteiger partial charge in [0.05, 0.1) is 16.1 Å². The number of fused-ring (bicyclic) bond motifs is 7. The Balaban J connectivity index is 1.30. The molecule has 7 aromatic rings. The Morgan fingerprint density at radius 2 is 1.49 bits per heavy atom. The van der Waals surface area contributed by atoms with Crippen molar-refractivity contribution in [2.24, 2.45) is 10.9 Å². The van der Waals surface area contributed by atoms with E-state index in [0.717, 1.165) is 23.5 Å². The van der Waals surface area contributed by atoms with Crippen LogP contribution in [-0.4, -0.2) is 10.4 Å². The average Bonchev–Trinajstić information content (AvgIpc) is 3.59. The highest BCUT2D eigenvalue weighted by Gasteiger charge is 2.32. The number of allylic oxidation sites excluding steroid dienone is 1. The van der Waals surface area contributed by atoms with E-state index in [1.54, 1.807) is 0 Å². The summed E-state index contributed by atoms with van der Waals surface area (Å²) in [5.41, 5.74) is 8.56. The number of rotatable bonds is 3. The van der Waals surface area contributed by atoms with E-state index in [4.69, 9.17) is 4.99 Å². The molecular weight excluding hydrogens is 543 g/mol. The number of aromatic nitrogens is 1. The van der Waals surface area contributed by atoms with Crippen molar-refractivity contribution < 1.29 is 0 Å². The summed E-state index contributed by atoms with van der Waals surface area (Å²) in [7, 11) is 0. The molecule has 0 saturated heterocycles. The molecule has 2 atom stereocenters. The molecule has 2 aliphatic rings. The van der Waals surface area contributed by atoms with Gasteiger partial charge in [-0.25, -0.2) is 4.99 Å². The first-order chi connectivity index (χ1) is 21.2. The molecule has 1 N–H and O–H groups in total. The van der Waals surface area contributed by atoms with Gasteiger partial charge < -0.3 is 9.88 Å². The van der Waals surface area contributed by atoms with Crippen LogP contribution in [0, 0.1) is 5.92 Å². The zero-order valence-electron chi connectivity index (χ0n) is 23.8. The minimum absolute atomic E-state index is 0.0919. The van der Waals surface area contributed by atoms with Crippen LogP contribution in [0.1, 0.15) is 34.8 Å². The molecule has 1 aliphatic heterocycles. The summed E-state index contributed by atoms with van der Waals surface area (Å²) in [5.74, 6) is 1.42. The second-order valence-corrected chi connectivity index (χ2v) is 12.8. The molecule has 43 heavy (non-hydrogen) atoms. The van der Waals surface area contributed by atoms with Crippen LogP contribution in [0.5, 0.6) is 0 Å². The van der Waals surface area contributed by atoms with E-state index in [1.165, 1.54) is 59.0 Å². The molecule has 0 amide bonds. The summed E-state index contributed by atoms with van der Waals surface area (Å²) < 4.78 is 3.81. The molecule has 5 aromatic carbocycles. The molecule has 3 nitrogen and oxygen atoms in total. The lowest BCUT2D eigenvalue weighted by Crippen LogP contribution is -2.36. The second-order valence-electron chi connectivity index (χ2n) is 11.8. The van der Waals surface area contributed by atoms with Gasteiger partial charge in [-0.15, -0.1) is 11.3 Å². The minimum Gasteiger partial charge on any atom is -0.345 e. The predicted octanol–water partition coefficient (Wildman–Crippen LogP) is 10.1. The average molecular weight is 572 g/mol. The van der Waals surface area contributed by atoms with Crippen LogP contribution in [0.2, 0.25) is 0 Å². The van der Waals surface area contributed by atoms with Crippen LogP contribution in [0.3, 0.4) is 0 Å². The van der Waals surface area contributed by atoms with Gasteiger partial charge in [0.2, 0.25) is 0 Å². The Kier molecular flexibility index (Phi) is 5.47. The van der Waals surface area contributed by atoms with Crippen LogP contribution in [0.15, 0.2) is 126 Å². The van der Waals surface area contributed by atoms with Gasteiger partial charge >= 0.3 is 0 Å². The lowest BCUT2D eigenvalue weighted by molar-refractivity contribution is 0.564. The molecule has 1 aliphatic carbocycles. The lowest BCUT2D eigenvalue weighted by Gasteiger charge is -2.29. The van der Waals surface area contributed by atoms with Crippen molar-refractivity contribution in [1.82, 2.24) is 9.88 Å². The molecule has 2 unspecified atom stereocenters. The highest BCUT2D eigenvalue weighted by Crippen LogP contribution is 2.47. The number of benzene rings is 5. The molecular formula is C39H29N3S. The number of amidine groups is 1. The van der Waals surface area contributed by atoms with E-state index in [9.17, 15) is 0 Å². The number of aliphatic imine (C=N–C) groups is 1. The van der Waals surface area contributed by atoms with Crippen LogP contribution in [0.25, 0.3) is 49.0 Å². The van der Waals surface area contributed by atoms with Gasteiger partial charge in [0, 0.05) is 26.7 Å². The summed E-state index contributed by atoms with van der Waals surface area (Å²) in [4.78, 5) is 6.59. The molecule has 0 fully saturated rings. The monoisotopic (exact) mass is 571 g/mol. The van der Waals surface area contributed by atoms with Crippen LogP contribution >= 0.6 is 11.3 Å². The van der Waals surface area contributed by atoms with Gasteiger partial charge in [-0.05, 0) is 70.1 Å². The molecule has 0 spiro atoms. The van der Waals surface area contributed by atoms with Crippen LogP contribution in [0.4, 0.5) is 5.69 Å². The Labute approximate surface area is 254 Å². The first-order valence-electron chi connectivity index (χ1n) is 15.0. The summed E-state index contributed by atoms with van der Waals surface area (Å²) in [6, 6.07) is 41.5. The highest BCUT2D eigenvalue weighted by atomic mass is 32.1. The van der Waals surface area contributed by atoms with E-state index in [2.05, 4.69) is 144 Å². The SMILES string of the molecule is CC1C=Cc2c(c3cc4ccccc4cc3n2C2NC(c3cccc(-c4ccccc4)c3)=Nc3c2sc2ccccc32)C1. The third kappa shape index (κ3) is 3.90. The van der Waals surface area contributed by atoms with Gasteiger partial charge in [0.25, 0.3) is 0 Å². The third-order valence-corrected chi connectivity index (χ3v) is 10.2. The maximum Gasteiger partial charge on any atom is 0.143 e. The summed E-state index contributed by atoms with van der Waals surface area (Å²) in [6.07, 6.45) is 5.67. The summed E-state index contributed by atoms with van der Waals surface area (Å²) in [6.45, 7) is 2.32. The first-order valence-corrected chi connectivity index (χ1v) is 15.8. The third-order valence-electron chi connectivity index (χ3n) is 8.97. The van der Waals surface area contributed by atoms with Crippen molar-refractivity contribution in [3.05, 3.63) is 143 Å². The van der Waals surface area contributed by atoms with Crippen molar-refractivity contribution in [2.45, 2.75) is 19.5 Å². The van der Waals surface area contributed by atoms with Crippen molar-refractivity contribution in [2.75, 3.05) is 0 Å². The zero-order chi connectivity index (χ0) is 28.5. The topological polar surface area (TPSA) is 29.3 Å². The van der Waals surface area contributed by atoms with E-state index >= 15 is 0 Å². The quantitative estimate of drug-likeness (QED) is 0.225. The largest absolute Gasteiger partial charge is 0.345 e. The van der Waals surface area contributed by atoms with Crippen LogP contribution < -0.4 is 5.32 Å². The van der Waals surface area contributed by atoms with E-state index in [1.807, 2.05) is 11.3 Å². The molecule has 0 saturated carbocycles. The fourth-order valence-electron chi connectivity index (χ4n) is 6.90. The zero-order valence-corrected chi connectivity index (χ0v) is 24.6. The Bertz CT molecular complexity index is 2270. The fraction of sp³-hybridized carbons (Fsp3) is 0.103. The van der Waals surface area contributed by atoms with Gasteiger partial charge in [-0.1, -0.05) is 104 Å². The van der Waals surface area contributed by atoms with Gasteiger partial charge in [-0.2, -0.15) is 0 Å². The van der Waals surface area contributed by atoms with E-state index in [-0.39, 0.29) is 6.17 Å². The van der Waals surface area contributed by atoms with Crippen LogP contribution in [-0.2, 0) is 6.42 Å². The first kappa shape index (κ1) is 24.6. The Hall–Kier alpha value is -4.93. The Morgan fingerprint density at radius 3 is 2.37 bits per heavy atom. The highest BCUT2D eigenvalue weighted by molar-refractivity contribution is 7.19. The molecule has 0 radical (unpaired) electrons. The van der Waals surface area contributed by atoms with Crippen molar-refractivity contribution in [3.63, 3.8) is 0 Å². The van der Waals surface area contributed by atoms with E-state index in [0.29, 0.717) is 5.92 Å². The predicted molar refractivity (Wildman–Crippen MR) is 183 cm³/mol. The van der Waals surface area contributed by atoms with Crippen molar-refractivity contribution >= 4 is 60.7 Å². The molecule has 2 aromatic heterocycles. The fourth-order valence-corrected chi connectivity index (χ4v) is 8.08. The smallest absolute Gasteiger partial charge is 0.143 e. The normalized spacial score (nSPS) is 17.6. The van der Waals surface area contributed by atoms with Crippen molar-refractivity contribution in [3.8, 4) is 11.1 Å². The number of nitrogens with zero attached hydrogens (tertiary/aromatic N) is 2. The minimum atomic E-state index is -0.0919. The lowest BCUT2D eigenvalue weighted by atomic mass is 9.92. The Morgan fingerprint density at radius 1 is 0.744 bits per heavy atom. The molecule has 4 heteroatoms. The van der Waals surface area contributed by atoms with E-state index < -0.39 is 0 Å². The number of thiophene rings is 1. The second kappa shape index (κ2) is 9.55. The van der Waals surface area contributed by atoms with Gasteiger partial charge in [0.15, 0.2) is 0 Å². The maximum absolute atomic E-state index is 5.34. The number of hydrogen-bond acceptors (Lipinski definition) is 3. The number of hydrogen-bond donors (Lipinski definition) is 1. The maximum atomic E-state index is 5.34. The van der Waals surface area contributed by atoms with Gasteiger partial charge in [0.1, 0.15) is 12.0 Å². The van der Waals surface area contributed by atoms with Crippen molar-refractivity contribution in [1.29, 1.82) is 0 Å². The molecule has 3 heterocycles.